The maximum Gasteiger partial charge on any atom is 0.311 e. The highest BCUT2D eigenvalue weighted by Crippen LogP contribution is 2.42. The molecule has 4 heteroatoms. The molecule has 2 rings (SSSR count). The van der Waals surface area contributed by atoms with Crippen molar-refractivity contribution in [3.05, 3.63) is 22.4 Å². The van der Waals surface area contributed by atoms with Crippen LogP contribution in [0.1, 0.15) is 44.5 Å². The molecule has 1 aromatic heterocycles. The Balaban J connectivity index is 2.18. The van der Waals surface area contributed by atoms with Crippen LogP contribution in [0.5, 0.6) is 0 Å². The number of nitrogens with zero attached hydrogens (tertiary/aromatic N) is 1. The van der Waals surface area contributed by atoms with E-state index in [-0.39, 0.29) is 5.92 Å². The highest BCUT2D eigenvalue weighted by molar-refractivity contribution is 7.10. The summed E-state index contributed by atoms with van der Waals surface area (Å²) in [5.41, 5.74) is -0.565. The van der Waals surface area contributed by atoms with Gasteiger partial charge in [-0.25, -0.2) is 0 Å². The van der Waals surface area contributed by atoms with Gasteiger partial charge >= 0.3 is 5.97 Å². The minimum absolute atomic E-state index is 0.177. The third kappa shape index (κ3) is 2.56. The Bertz CT molecular complexity index is 429. The molecule has 0 amide bonds. The molecule has 1 fully saturated rings. The van der Waals surface area contributed by atoms with Crippen LogP contribution in [0.25, 0.3) is 0 Å². The van der Waals surface area contributed by atoms with Gasteiger partial charge in [0.2, 0.25) is 0 Å². The van der Waals surface area contributed by atoms with Crippen molar-refractivity contribution in [3.63, 3.8) is 0 Å². The number of rotatable bonds is 5. The zero-order valence-corrected chi connectivity index (χ0v) is 12.7. The van der Waals surface area contributed by atoms with Crippen molar-refractivity contribution in [2.24, 2.45) is 11.3 Å². The van der Waals surface area contributed by atoms with Crippen molar-refractivity contribution in [2.75, 3.05) is 13.1 Å². The van der Waals surface area contributed by atoms with E-state index in [1.54, 1.807) is 11.3 Å². The van der Waals surface area contributed by atoms with Gasteiger partial charge < -0.3 is 5.11 Å². The second kappa shape index (κ2) is 5.63. The normalized spacial score (nSPS) is 25.9. The Kier molecular flexibility index (Phi) is 4.31. The third-order valence-corrected chi connectivity index (χ3v) is 5.53. The Labute approximate surface area is 119 Å². The topological polar surface area (TPSA) is 40.5 Å². The Hall–Kier alpha value is -0.870. The molecule has 0 bridgehead atoms. The standard InChI is InChI=1S/C15H23NO2S/c1-4-12(13-6-5-9-19-13)16-8-7-15(10-16,11(2)3)14(17)18/h5-6,9,11-12H,4,7-8,10H2,1-3H3,(H,17,18). The monoisotopic (exact) mass is 281 g/mol. The molecule has 106 valence electrons. The molecule has 1 saturated heterocycles. The fourth-order valence-electron chi connectivity index (χ4n) is 3.14. The van der Waals surface area contributed by atoms with Crippen molar-refractivity contribution in [1.29, 1.82) is 0 Å². The first kappa shape index (κ1) is 14.5. The molecule has 0 aliphatic carbocycles. The van der Waals surface area contributed by atoms with Gasteiger partial charge in [-0.3, -0.25) is 9.69 Å². The number of hydrogen-bond donors (Lipinski definition) is 1. The number of carboxylic acids is 1. The van der Waals surface area contributed by atoms with Gasteiger partial charge in [0.15, 0.2) is 0 Å². The van der Waals surface area contributed by atoms with Gasteiger partial charge in [0.25, 0.3) is 0 Å². The van der Waals surface area contributed by atoms with Crippen molar-refractivity contribution in [2.45, 2.75) is 39.7 Å². The van der Waals surface area contributed by atoms with E-state index in [4.69, 9.17) is 0 Å². The average molecular weight is 281 g/mol. The van der Waals surface area contributed by atoms with E-state index in [2.05, 4.69) is 29.3 Å². The maximum absolute atomic E-state index is 11.7. The number of aliphatic carboxylic acids is 1. The van der Waals surface area contributed by atoms with Gasteiger partial charge in [0, 0.05) is 17.5 Å². The van der Waals surface area contributed by atoms with Gasteiger partial charge in [0.1, 0.15) is 0 Å². The summed E-state index contributed by atoms with van der Waals surface area (Å²) in [6, 6.07) is 4.61. The van der Waals surface area contributed by atoms with Gasteiger partial charge in [-0.1, -0.05) is 26.8 Å². The minimum Gasteiger partial charge on any atom is -0.481 e. The van der Waals surface area contributed by atoms with Crippen LogP contribution in [-0.2, 0) is 4.79 Å². The van der Waals surface area contributed by atoms with E-state index in [1.165, 1.54) is 4.88 Å². The number of carboxylic acid groups (broad SMARTS) is 1. The molecule has 1 aliphatic heterocycles. The first-order valence-corrected chi connectivity index (χ1v) is 7.90. The first-order valence-electron chi connectivity index (χ1n) is 7.02. The molecule has 1 aromatic rings. The number of likely N-dealkylation sites (tertiary alicyclic amines) is 1. The Morgan fingerprint density at radius 1 is 1.58 bits per heavy atom. The minimum atomic E-state index is -0.633. The van der Waals surface area contributed by atoms with Crippen LogP contribution < -0.4 is 0 Å². The van der Waals surface area contributed by atoms with Crippen molar-refractivity contribution in [1.82, 2.24) is 4.90 Å². The molecule has 3 nitrogen and oxygen atoms in total. The highest BCUT2D eigenvalue weighted by atomic mass is 32.1. The first-order chi connectivity index (χ1) is 9.01. The van der Waals surface area contributed by atoms with E-state index in [0.29, 0.717) is 12.6 Å². The predicted octanol–water partition coefficient (Wildman–Crippen LogP) is 3.63. The fraction of sp³-hybridized carbons (Fsp3) is 0.667. The summed E-state index contributed by atoms with van der Waals surface area (Å²) in [7, 11) is 0. The van der Waals surface area contributed by atoms with Crippen LogP contribution in [0, 0.1) is 11.3 Å². The van der Waals surface area contributed by atoms with Crippen molar-refractivity contribution < 1.29 is 9.90 Å². The quantitative estimate of drug-likeness (QED) is 0.896. The van der Waals surface area contributed by atoms with E-state index in [1.807, 2.05) is 13.8 Å². The van der Waals surface area contributed by atoms with Gasteiger partial charge in [-0.15, -0.1) is 11.3 Å². The summed E-state index contributed by atoms with van der Waals surface area (Å²) in [5.74, 6) is -0.457. The lowest BCUT2D eigenvalue weighted by Gasteiger charge is -2.31. The molecular formula is C15H23NO2S. The lowest BCUT2D eigenvalue weighted by Crippen LogP contribution is -2.39. The Morgan fingerprint density at radius 2 is 2.32 bits per heavy atom. The van der Waals surface area contributed by atoms with Crippen LogP contribution in [-0.4, -0.2) is 29.1 Å². The lowest BCUT2D eigenvalue weighted by molar-refractivity contribution is -0.151. The molecule has 0 spiro atoms. The largest absolute Gasteiger partial charge is 0.481 e. The molecule has 0 radical (unpaired) electrons. The zero-order valence-electron chi connectivity index (χ0n) is 11.9. The lowest BCUT2D eigenvalue weighted by atomic mass is 9.76. The number of carbonyl (C=O) groups is 1. The molecule has 19 heavy (non-hydrogen) atoms. The predicted molar refractivity (Wildman–Crippen MR) is 78.4 cm³/mol. The van der Waals surface area contributed by atoms with Crippen LogP contribution in [0.4, 0.5) is 0 Å². The average Bonchev–Trinajstić information content (AvgIpc) is 2.99. The van der Waals surface area contributed by atoms with Gasteiger partial charge in [0.05, 0.1) is 5.41 Å². The molecule has 2 unspecified atom stereocenters. The maximum atomic E-state index is 11.7. The van der Waals surface area contributed by atoms with E-state index in [9.17, 15) is 9.90 Å². The second-order valence-corrected chi connectivity index (χ2v) is 6.76. The summed E-state index contributed by atoms with van der Waals surface area (Å²) in [5, 5.41) is 11.7. The van der Waals surface area contributed by atoms with E-state index in [0.717, 1.165) is 19.4 Å². The summed E-state index contributed by atoms with van der Waals surface area (Å²) in [6.07, 6.45) is 1.80. The molecule has 2 atom stereocenters. The van der Waals surface area contributed by atoms with Crippen LogP contribution in [0.2, 0.25) is 0 Å². The molecule has 0 saturated carbocycles. The molecule has 1 aliphatic rings. The molecule has 1 N–H and O–H groups in total. The zero-order chi connectivity index (χ0) is 14.0. The molecular weight excluding hydrogens is 258 g/mol. The smallest absolute Gasteiger partial charge is 0.311 e. The van der Waals surface area contributed by atoms with Crippen LogP contribution in [0.15, 0.2) is 17.5 Å². The SMILES string of the molecule is CCC(c1cccs1)N1CCC(C(=O)O)(C(C)C)C1. The molecule has 0 aromatic carbocycles. The van der Waals surface area contributed by atoms with Crippen molar-refractivity contribution >= 4 is 17.3 Å². The summed E-state index contributed by atoms with van der Waals surface area (Å²) in [6.45, 7) is 7.81. The van der Waals surface area contributed by atoms with Crippen LogP contribution >= 0.6 is 11.3 Å². The fourth-order valence-corrected chi connectivity index (χ4v) is 4.09. The Morgan fingerprint density at radius 3 is 2.74 bits per heavy atom. The van der Waals surface area contributed by atoms with E-state index < -0.39 is 11.4 Å². The summed E-state index contributed by atoms with van der Waals surface area (Å²) < 4.78 is 0. The summed E-state index contributed by atoms with van der Waals surface area (Å²) >= 11 is 1.77. The second-order valence-electron chi connectivity index (χ2n) is 5.78. The molecule has 2 heterocycles. The highest BCUT2D eigenvalue weighted by Gasteiger charge is 2.48. The van der Waals surface area contributed by atoms with Gasteiger partial charge in [-0.2, -0.15) is 0 Å². The third-order valence-electron chi connectivity index (χ3n) is 4.56. The van der Waals surface area contributed by atoms with Gasteiger partial charge in [-0.05, 0) is 36.8 Å². The van der Waals surface area contributed by atoms with Crippen molar-refractivity contribution in [3.8, 4) is 0 Å². The summed E-state index contributed by atoms with van der Waals surface area (Å²) in [4.78, 5) is 15.4. The number of hydrogen-bond acceptors (Lipinski definition) is 3. The number of thiophene rings is 1. The van der Waals surface area contributed by atoms with E-state index >= 15 is 0 Å². The van der Waals surface area contributed by atoms with Crippen LogP contribution in [0.3, 0.4) is 0 Å².